The van der Waals surface area contributed by atoms with Gasteiger partial charge >= 0.3 is 0 Å². The predicted octanol–water partition coefficient (Wildman–Crippen LogP) is 5.34. The molecule has 4 nitrogen and oxygen atoms in total. The van der Waals surface area contributed by atoms with Crippen molar-refractivity contribution in [3.8, 4) is 5.75 Å². The van der Waals surface area contributed by atoms with Crippen molar-refractivity contribution >= 4 is 36.2 Å². The number of phenols is 1. The Bertz CT molecular complexity index is 957. The summed E-state index contributed by atoms with van der Waals surface area (Å²) in [4.78, 5) is 0. The van der Waals surface area contributed by atoms with Crippen molar-refractivity contribution in [1.29, 1.82) is 0 Å². The molecule has 0 saturated heterocycles. The van der Waals surface area contributed by atoms with E-state index in [2.05, 4.69) is 27.7 Å². The molecule has 6 heteroatoms. The number of fused-ring (bicyclic) bond motifs is 1. The number of anilines is 1. The van der Waals surface area contributed by atoms with Crippen LogP contribution in [0.3, 0.4) is 0 Å². The molecule has 0 unspecified atom stereocenters. The van der Waals surface area contributed by atoms with Gasteiger partial charge in [0.2, 0.25) is 0 Å². The molecule has 0 saturated carbocycles. The fourth-order valence-corrected chi connectivity index (χ4v) is 2.79. The van der Waals surface area contributed by atoms with E-state index in [9.17, 15) is 5.11 Å². The Morgan fingerprint density at radius 3 is 2.35 bits per heavy atom. The minimum Gasteiger partial charge on any atom is -0.505 e. The number of aromatic hydroxyl groups is 1. The zero-order valence-electron chi connectivity index (χ0n) is 15.5. The van der Waals surface area contributed by atoms with Crippen LogP contribution in [0.1, 0.15) is 16.7 Å². The maximum atomic E-state index is 10.7. The van der Waals surface area contributed by atoms with Gasteiger partial charge in [0.25, 0.3) is 0 Å². The normalized spacial score (nSPS) is 10.5. The first-order valence-corrected chi connectivity index (χ1v) is 7.84. The van der Waals surface area contributed by atoms with Crippen molar-refractivity contribution in [3.05, 3.63) is 59.2 Å². The average molecular weight is 418 g/mol. The minimum atomic E-state index is 0. The molecule has 26 heavy (non-hydrogen) atoms. The molecule has 0 aliphatic rings. The largest absolute Gasteiger partial charge is 0.505 e. The van der Waals surface area contributed by atoms with E-state index in [1.54, 1.807) is 6.07 Å². The van der Waals surface area contributed by atoms with Gasteiger partial charge in [0.15, 0.2) is 5.75 Å². The quantitative estimate of drug-likeness (QED) is 0.343. The molecule has 128 valence electrons. The molecule has 0 spiro atoms. The second kappa shape index (κ2) is 9.29. The van der Waals surface area contributed by atoms with Crippen molar-refractivity contribution in [2.45, 2.75) is 20.8 Å². The fourth-order valence-electron chi connectivity index (χ4n) is 2.79. The molecule has 2 N–H and O–H groups in total. The number of aryl methyl sites for hydroxylation is 3. The van der Waals surface area contributed by atoms with Crippen LogP contribution in [-0.2, 0) is 32.7 Å². The molecule has 0 bridgehead atoms. The fraction of sp³-hybridized carbons (Fsp3) is 0.200. The number of azo groups is 1. The zero-order chi connectivity index (χ0) is 17.3. The van der Waals surface area contributed by atoms with E-state index in [0.29, 0.717) is 5.69 Å². The number of nitrogens with zero attached hydrogens (tertiary/aromatic N) is 2. The summed E-state index contributed by atoms with van der Waals surface area (Å²) in [5.74, 6) is 0.158. The number of nitrogens with one attached hydrogen (secondary N) is 1. The van der Waals surface area contributed by atoms with Crippen LogP contribution in [0, 0.1) is 26.8 Å². The molecule has 0 aliphatic carbocycles. The van der Waals surface area contributed by atoms with E-state index in [4.69, 9.17) is 0 Å². The van der Waals surface area contributed by atoms with Crippen LogP contribution in [0.5, 0.6) is 5.75 Å². The van der Waals surface area contributed by atoms with Gasteiger partial charge < -0.3 is 10.4 Å². The molecule has 3 rings (SSSR count). The molecule has 0 fully saturated rings. The van der Waals surface area contributed by atoms with Gasteiger partial charge in [-0.1, -0.05) is 6.92 Å². The van der Waals surface area contributed by atoms with E-state index in [-0.39, 0.29) is 46.9 Å². The third-order valence-corrected chi connectivity index (χ3v) is 4.19. The third-order valence-electron chi connectivity index (χ3n) is 4.19. The SMILES string of the molecule is CNc1cc2c(O)c(N=Nc3cc[c-]cc3C)c(C)cc2cc1C.[B].[Y]. The van der Waals surface area contributed by atoms with E-state index in [0.717, 1.165) is 38.8 Å². The Morgan fingerprint density at radius 2 is 1.69 bits per heavy atom. The number of benzene rings is 3. The average Bonchev–Trinajstić information content (AvgIpc) is 2.55. The Labute approximate surface area is 181 Å². The van der Waals surface area contributed by atoms with Gasteiger partial charge in [0.05, 0.1) is 0 Å². The van der Waals surface area contributed by atoms with Crippen molar-refractivity contribution in [2.24, 2.45) is 10.2 Å². The zero-order valence-corrected chi connectivity index (χ0v) is 18.3. The molecule has 0 amide bonds. The molecule has 3 aromatic carbocycles. The van der Waals surface area contributed by atoms with Crippen LogP contribution < -0.4 is 5.32 Å². The summed E-state index contributed by atoms with van der Waals surface area (Å²) in [7, 11) is 1.87. The Morgan fingerprint density at radius 1 is 1.00 bits per heavy atom. The molecule has 0 heterocycles. The van der Waals surface area contributed by atoms with Crippen LogP contribution in [-0.4, -0.2) is 20.6 Å². The van der Waals surface area contributed by atoms with Crippen LogP contribution in [0.15, 0.2) is 46.6 Å². The first-order chi connectivity index (χ1) is 11.5. The van der Waals surface area contributed by atoms with Crippen LogP contribution in [0.4, 0.5) is 17.1 Å². The molecule has 0 aliphatic heterocycles. The summed E-state index contributed by atoms with van der Waals surface area (Å²) in [5.41, 5.74) is 5.27. The molecule has 3 aromatic rings. The molecule has 4 radical (unpaired) electrons. The maximum Gasteiger partial charge on any atom is 0.151 e. The van der Waals surface area contributed by atoms with Crippen LogP contribution in [0.25, 0.3) is 10.8 Å². The molecule has 0 aromatic heterocycles. The smallest absolute Gasteiger partial charge is 0.151 e. The summed E-state index contributed by atoms with van der Waals surface area (Å²) >= 11 is 0. The predicted molar refractivity (Wildman–Crippen MR) is 105 cm³/mol. The third kappa shape index (κ3) is 4.33. The molecule has 0 atom stereocenters. The second-order valence-corrected chi connectivity index (χ2v) is 5.94. The van der Waals surface area contributed by atoms with Crippen molar-refractivity contribution < 1.29 is 37.8 Å². The summed E-state index contributed by atoms with van der Waals surface area (Å²) in [6.45, 7) is 5.93. The summed E-state index contributed by atoms with van der Waals surface area (Å²) in [6, 6.07) is 14.6. The van der Waals surface area contributed by atoms with Gasteiger partial charge in [0, 0.05) is 59.2 Å². The van der Waals surface area contributed by atoms with Gasteiger partial charge in [0.1, 0.15) is 5.69 Å². The maximum absolute atomic E-state index is 10.7. The van der Waals surface area contributed by atoms with Gasteiger partial charge in [-0.05, 0) is 54.2 Å². The second-order valence-electron chi connectivity index (χ2n) is 5.94. The number of rotatable bonds is 3. The van der Waals surface area contributed by atoms with Gasteiger partial charge in [-0.2, -0.15) is 23.3 Å². The van der Waals surface area contributed by atoms with Gasteiger partial charge in [-0.3, -0.25) is 0 Å². The standard InChI is InChI=1S/C20H20N3O.B.Y/c1-12-7-5-6-8-17(12)22-23-19-14(3)10-15-9-13(2)18(21-4)11-16(15)20(19)24;;/h6-11,21,24H,1-4H3;;/q-1;;. The first-order valence-electron chi connectivity index (χ1n) is 7.84. The molecular formula is C20H20BN3OY-. The number of phenolic OH excluding ortho intramolecular Hbond substituents is 1. The topological polar surface area (TPSA) is 57.0 Å². The van der Waals surface area contributed by atoms with Gasteiger partial charge in [-0.15, -0.1) is 16.7 Å². The Balaban J connectivity index is 0.00000169. The first kappa shape index (κ1) is 22.3. The Kier molecular flexibility index (Phi) is 7.98. The van der Waals surface area contributed by atoms with Gasteiger partial charge in [-0.25, -0.2) is 0 Å². The van der Waals surface area contributed by atoms with Crippen LogP contribution in [0.2, 0.25) is 0 Å². The van der Waals surface area contributed by atoms with Crippen molar-refractivity contribution in [1.82, 2.24) is 0 Å². The Hall–Kier alpha value is -1.71. The van der Waals surface area contributed by atoms with E-state index in [1.807, 2.05) is 52.1 Å². The molecular weight excluding hydrogens is 398 g/mol. The monoisotopic (exact) mass is 418 g/mol. The summed E-state index contributed by atoms with van der Waals surface area (Å²) in [5, 5.41) is 24.2. The minimum absolute atomic E-state index is 0. The van der Waals surface area contributed by atoms with Crippen LogP contribution >= 0.6 is 0 Å². The number of hydrogen-bond donors (Lipinski definition) is 2. The van der Waals surface area contributed by atoms with E-state index in [1.165, 1.54) is 0 Å². The summed E-state index contributed by atoms with van der Waals surface area (Å²) < 4.78 is 0. The van der Waals surface area contributed by atoms with Crippen molar-refractivity contribution in [2.75, 3.05) is 12.4 Å². The van der Waals surface area contributed by atoms with E-state index >= 15 is 0 Å². The number of hydrogen-bond acceptors (Lipinski definition) is 4. The van der Waals surface area contributed by atoms with Crippen molar-refractivity contribution in [3.63, 3.8) is 0 Å². The summed E-state index contributed by atoms with van der Waals surface area (Å²) in [6.07, 6.45) is 0. The van der Waals surface area contributed by atoms with E-state index < -0.39 is 0 Å².